The van der Waals surface area contributed by atoms with Gasteiger partial charge >= 0.3 is 5.97 Å². The number of carboxylic acids is 1. The molecule has 4 nitrogen and oxygen atoms in total. The van der Waals surface area contributed by atoms with Crippen molar-refractivity contribution in [1.29, 1.82) is 0 Å². The number of unbranched alkanes of at least 4 members (excludes halogenated alkanes) is 1. The number of nitrogens with one attached hydrogen (secondary N) is 1. The van der Waals surface area contributed by atoms with Gasteiger partial charge < -0.3 is 16.2 Å². The van der Waals surface area contributed by atoms with Crippen LogP contribution in [0.2, 0.25) is 0 Å². The molecule has 0 amide bonds. The van der Waals surface area contributed by atoms with Gasteiger partial charge in [-0.15, -0.1) is 0 Å². The van der Waals surface area contributed by atoms with E-state index in [1.54, 1.807) is 0 Å². The van der Waals surface area contributed by atoms with Crippen molar-refractivity contribution in [2.75, 3.05) is 6.54 Å². The number of benzene rings is 1. The molecule has 0 aromatic heterocycles. The minimum Gasteiger partial charge on any atom is -0.480 e. The maximum atomic E-state index is 11.2. The standard InChI is InChI=1S/C15H21IN2O2S/c16-12-7-4-11(5-8-12)6-9-14(21)18-13(15(19)20)3-1-2-10-17/h4-5,7-8,13H,1-3,6,9-10,17H2,(H,18,21)(H,19,20)/t13-/m0/s1. The zero-order valence-corrected chi connectivity index (χ0v) is 14.8. The molecule has 4 N–H and O–H groups in total. The van der Waals surface area contributed by atoms with Gasteiger partial charge in [0.15, 0.2) is 0 Å². The van der Waals surface area contributed by atoms with Crippen LogP contribution in [0.3, 0.4) is 0 Å². The molecular weight excluding hydrogens is 399 g/mol. The molecule has 21 heavy (non-hydrogen) atoms. The maximum absolute atomic E-state index is 11.2. The molecule has 0 radical (unpaired) electrons. The van der Waals surface area contributed by atoms with E-state index < -0.39 is 12.0 Å². The Morgan fingerprint density at radius 2 is 2.00 bits per heavy atom. The van der Waals surface area contributed by atoms with Crippen LogP contribution in [0.25, 0.3) is 0 Å². The highest BCUT2D eigenvalue weighted by Crippen LogP contribution is 2.09. The van der Waals surface area contributed by atoms with Crippen molar-refractivity contribution < 1.29 is 9.90 Å². The van der Waals surface area contributed by atoms with Crippen molar-refractivity contribution in [2.45, 2.75) is 38.1 Å². The van der Waals surface area contributed by atoms with E-state index in [2.05, 4.69) is 52.2 Å². The van der Waals surface area contributed by atoms with Gasteiger partial charge in [0.1, 0.15) is 6.04 Å². The van der Waals surface area contributed by atoms with E-state index in [0.29, 0.717) is 24.4 Å². The van der Waals surface area contributed by atoms with Crippen molar-refractivity contribution in [3.8, 4) is 0 Å². The molecule has 0 saturated heterocycles. The number of nitrogens with two attached hydrogens (primary N) is 1. The van der Waals surface area contributed by atoms with E-state index in [1.807, 2.05) is 0 Å². The Morgan fingerprint density at radius 3 is 2.57 bits per heavy atom. The molecule has 1 rings (SSSR count). The van der Waals surface area contributed by atoms with Gasteiger partial charge in [-0.25, -0.2) is 4.79 Å². The van der Waals surface area contributed by atoms with Crippen LogP contribution < -0.4 is 11.1 Å². The third-order valence-corrected chi connectivity index (χ3v) is 4.18. The number of rotatable bonds is 9. The second-order valence-electron chi connectivity index (χ2n) is 4.87. The Bertz CT molecular complexity index is 465. The molecule has 6 heteroatoms. The lowest BCUT2D eigenvalue weighted by molar-refractivity contribution is -0.139. The first-order chi connectivity index (χ1) is 10.0. The molecule has 0 aliphatic rings. The van der Waals surface area contributed by atoms with Gasteiger partial charge in [0.05, 0.1) is 4.99 Å². The van der Waals surface area contributed by atoms with E-state index in [0.717, 1.165) is 19.3 Å². The Labute approximate surface area is 144 Å². The van der Waals surface area contributed by atoms with Crippen LogP contribution in [-0.4, -0.2) is 28.7 Å². The maximum Gasteiger partial charge on any atom is 0.326 e. The first kappa shape index (κ1) is 18.3. The molecule has 0 fully saturated rings. The summed E-state index contributed by atoms with van der Waals surface area (Å²) in [4.78, 5) is 11.8. The number of hydrogen-bond donors (Lipinski definition) is 3. The summed E-state index contributed by atoms with van der Waals surface area (Å²) in [5, 5.41) is 12.1. The first-order valence-corrected chi connectivity index (χ1v) is 8.48. The summed E-state index contributed by atoms with van der Waals surface area (Å²) in [6, 6.07) is 7.64. The molecule has 1 aromatic rings. The van der Waals surface area contributed by atoms with Crippen molar-refractivity contribution in [3.05, 3.63) is 33.4 Å². The molecule has 1 atom stereocenters. The highest BCUT2D eigenvalue weighted by Gasteiger charge is 2.17. The summed E-state index contributed by atoms with van der Waals surface area (Å²) in [5.41, 5.74) is 6.62. The number of carbonyl (C=O) groups is 1. The van der Waals surface area contributed by atoms with E-state index in [-0.39, 0.29) is 0 Å². The van der Waals surface area contributed by atoms with Crippen LogP contribution in [0.5, 0.6) is 0 Å². The van der Waals surface area contributed by atoms with Crippen molar-refractivity contribution >= 4 is 45.8 Å². The van der Waals surface area contributed by atoms with Crippen LogP contribution >= 0.6 is 34.8 Å². The molecule has 0 spiro atoms. The monoisotopic (exact) mass is 420 g/mol. The second kappa shape index (κ2) is 10.1. The number of carboxylic acid groups (broad SMARTS) is 1. The smallest absolute Gasteiger partial charge is 0.326 e. The lowest BCUT2D eigenvalue weighted by Gasteiger charge is -2.16. The molecule has 0 saturated carbocycles. The SMILES string of the molecule is NCCCC[C@H](NC(=S)CCc1ccc(I)cc1)C(=O)O. The van der Waals surface area contributed by atoms with Crippen molar-refractivity contribution in [1.82, 2.24) is 5.32 Å². The van der Waals surface area contributed by atoms with E-state index in [1.165, 1.54) is 9.13 Å². The Hall–Kier alpha value is -0.730. The molecule has 0 heterocycles. The van der Waals surface area contributed by atoms with Gasteiger partial charge in [0.2, 0.25) is 0 Å². The zero-order chi connectivity index (χ0) is 15.7. The highest BCUT2D eigenvalue weighted by molar-refractivity contribution is 14.1. The molecular formula is C15H21IN2O2S. The predicted octanol–water partition coefficient (Wildman–Crippen LogP) is 2.72. The van der Waals surface area contributed by atoms with Crippen LogP contribution in [-0.2, 0) is 11.2 Å². The van der Waals surface area contributed by atoms with Gasteiger partial charge in [-0.1, -0.05) is 24.4 Å². The van der Waals surface area contributed by atoms with Gasteiger partial charge in [0.25, 0.3) is 0 Å². The molecule has 0 unspecified atom stereocenters. The summed E-state index contributed by atoms with van der Waals surface area (Å²) in [6.45, 7) is 0.587. The molecule has 0 aliphatic carbocycles. The molecule has 0 aliphatic heterocycles. The average molecular weight is 420 g/mol. The highest BCUT2D eigenvalue weighted by atomic mass is 127. The van der Waals surface area contributed by atoms with E-state index in [9.17, 15) is 9.90 Å². The number of aliphatic carboxylic acids is 1. The van der Waals surface area contributed by atoms with Gasteiger partial charge in [0, 0.05) is 9.99 Å². The minimum atomic E-state index is -0.858. The fraction of sp³-hybridized carbons (Fsp3) is 0.467. The molecule has 116 valence electrons. The first-order valence-electron chi connectivity index (χ1n) is 6.99. The topological polar surface area (TPSA) is 75.3 Å². The normalized spacial score (nSPS) is 11.9. The van der Waals surface area contributed by atoms with E-state index >= 15 is 0 Å². The lowest BCUT2D eigenvalue weighted by Crippen LogP contribution is -2.40. The molecule has 1 aromatic carbocycles. The van der Waals surface area contributed by atoms with Crippen LogP contribution in [0.4, 0.5) is 0 Å². The summed E-state index contributed by atoms with van der Waals surface area (Å²) in [5.74, 6) is -0.858. The number of hydrogen-bond acceptors (Lipinski definition) is 3. The zero-order valence-electron chi connectivity index (χ0n) is 11.8. The van der Waals surface area contributed by atoms with Crippen molar-refractivity contribution in [2.24, 2.45) is 5.73 Å². The minimum absolute atomic E-state index is 0.552. The van der Waals surface area contributed by atoms with Crippen molar-refractivity contribution in [3.63, 3.8) is 0 Å². The fourth-order valence-electron chi connectivity index (χ4n) is 1.93. The number of thiocarbonyl (C=S) groups is 1. The largest absolute Gasteiger partial charge is 0.480 e. The third-order valence-electron chi connectivity index (χ3n) is 3.13. The quantitative estimate of drug-likeness (QED) is 0.326. The Morgan fingerprint density at radius 1 is 1.33 bits per heavy atom. The lowest BCUT2D eigenvalue weighted by atomic mass is 10.1. The second-order valence-corrected chi connectivity index (χ2v) is 6.61. The van der Waals surface area contributed by atoms with Crippen LogP contribution in [0.15, 0.2) is 24.3 Å². The molecule has 0 bridgehead atoms. The van der Waals surface area contributed by atoms with Crippen LogP contribution in [0, 0.1) is 3.57 Å². The Balaban J connectivity index is 2.39. The van der Waals surface area contributed by atoms with E-state index in [4.69, 9.17) is 18.0 Å². The summed E-state index contributed by atoms with van der Waals surface area (Å²) >= 11 is 7.52. The Kier molecular flexibility index (Phi) is 8.79. The van der Waals surface area contributed by atoms with Crippen LogP contribution in [0.1, 0.15) is 31.2 Å². The summed E-state index contributed by atoms with van der Waals surface area (Å²) in [7, 11) is 0. The van der Waals surface area contributed by atoms with Gasteiger partial charge in [-0.2, -0.15) is 0 Å². The summed E-state index contributed by atoms with van der Waals surface area (Å²) < 4.78 is 1.20. The third kappa shape index (κ3) is 7.73. The fourth-order valence-corrected chi connectivity index (χ4v) is 2.53. The predicted molar refractivity (Wildman–Crippen MR) is 97.5 cm³/mol. The van der Waals surface area contributed by atoms with Gasteiger partial charge in [-0.05, 0) is 72.5 Å². The van der Waals surface area contributed by atoms with Gasteiger partial charge in [-0.3, -0.25) is 0 Å². The average Bonchev–Trinajstić information content (AvgIpc) is 2.45. The number of aryl methyl sites for hydroxylation is 1. The number of halogens is 1. The summed E-state index contributed by atoms with van der Waals surface area (Å²) in [6.07, 6.45) is 3.66.